The number of carbonyl (C=O) groups excluding carboxylic acids is 3. The molecule has 8 heteroatoms. The number of amides is 3. The molecule has 0 radical (unpaired) electrons. The van der Waals surface area contributed by atoms with Gasteiger partial charge in [0.1, 0.15) is 5.76 Å². The van der Waals surface area contributed by atoms with Gasteiger partial charge in [0, 0.05) is 26.1 Å². The third kappa shape index (κ3) is 5.81. The van der Waals surface area contributed by atoms with E-state index in [2.05, 4.69) is 5.32 Å². The second-order valence-electron chi connectivity index (χ2n) is 5.98. The third-order valence-corrected chi connectivity index (χ3v) is 4.09. The molecule has 3 amide bonds. The lowest BCUT2D eigenvalue weighted by Crippen LogP contribution is -2.49. The van der Waals surface area contributed by atoms with Crippen LogP contribution in [0, 0.1) is 0 Å². The van der Waals surface area contributed by atoms with Gasteiger partial charge in [-0.25, -0.2) is 4.79 Å². The number of rotatable bonds is 6. The van der Waals surface area contributed by atoms with Crippen molar-refractivity contribution in [3.63, 3.8) is 0 Å². The fourth-order valence-electron chi connectivity index (χ4n) is 2.74. The largest absolute Gasteiger partial charge is 0.467 e. The summed E-state index contributed by atoms with van der Waals surface area (Å²) in [6.07, 6.45) is 2.56. The van der Waals surface area contributed by atoms with Gasteiger partial charge in [-0.05, 0) is 31.9 Å². The maximum Gasteiger partial charge on any atom is 0.409 e. The van der Waals surface area contributed by atoms with Crippen LogP contribution in [0.15, 0.2) is 22.8 Å². The molecule has 8 nitrogen and oxygen atoms in total. The van der Waals surface area contributed by atoms with Crippen molar-refractivity contribution < 1.29 is 23.5 Å². The summed E-state index contributed by atoms with van der Waals surface area (Å²) in [7, 11) is 0. The summed E-state index contributed by atoms with van der Waals surface area (Å²) in [6, 6.07) is 3.50. The molecule has 0 aliphatic carbocycles. The first-order valence-corrected chi connectivity index (χ1v) is 8.48. The van der Waals surface area contributed by atoms with Gasteiger partial charge in [0.05, 0.1) is 26.0 Å². The van der Waals surface area contributed by atoms with Crippen molar-refractivity contribution >= 4 is 17.9 Å². The molecule has 0 atom stereocenters. The maximum atomic E-state index is 12.2. The van der Waals surface area contributed by atoms with E-state index < -0.39 is 0 Å². The van der Waals surface area contributed by atoms with E-state index in [9.17, 15) is 14.4 Å². The number of piperidine rings is 1. The zero-order valence-electron chi connectivity index (χ0n) is 14.7. The van der Waals surface area contributed by atoms with Gasteiger partial charge in [-0.15, -0.1) is 0 Å². The highest BCUT2D eigenvalue weighted by Crippen LogP contribution is 2.12. The molecule has 1 aromatic rings. The van der Waals surface area contributed by atoms with E-state index in [1.54, 1.807) is 24.0 Å². The first-order chi connectivity index (χ1) is 12.0. The van der Waals surface area contributed by atoms with Crippen LogP contribution in [0.4, 0.5) is 4.79 Å². The lowest BCUT2D eigenvalue weighted by atomic mass is 10.1. The number of likely N-dealkylation sites (tertiary alicyclic amines) is 1. The highest BCUT2D eigenvalue weighted by molar-refractivity contribution is 5.83. The minimum absolute atomic E-state index is 0.00408. The molecule has 0 unspecified atom stereocenters. The Morgan fingerprint density at radius 1 is 1.36 bits per heavy atom. The molecule has 0 spiro atoms. The van der Waals surface area contributed by atoms with Crippen LogP contribution in [-0.4, -0.2) is 60.0 Å². The van der Waals surface area contributed by atoms with Gasteiger partial charge in [0.2, 0.25) is 11.8 Å². The van der Waals surface area contributed by atoms with Crippen molar-refractivity contribution in [1.82, 2.24) is 15.1 Å². The number of nitrogens with one attached hydrogen (secondary N) is 1. The number of furan rings is 1. The zero-order valence-corrected chi connectivity index (χ0v) is 14.7. The van der Waals surface area contributed by atoms with E-state index in [1.165, 1.54) is 18.1 Å². The standard InChI is InChI=1S/C17H25N3O5/c1-3-24-17(23)19-8-6-14(7-9-19)18-16(22)12-20(13(2)21)11-15-5-4-10-25-15/h4-5,10,14H,3,6-9,11-12H2,1-2H3,(H,18,22). The van der Waals surface area contributed by atoms with Crippen molar-refractivity contribution in [2.24, 2.45) is 0 Å². The average molecular weight is 351 g/mol. The highest BCUT2D eigenvalue weighted by Gasteiger charge is 2.25. The molecular formula is C17H25N3O5. The van der Waals surface area contributed by atoms with Gasteiger partial charge < -0.3 is 24.3 Å². The third-order valence-electron chi connectivity index (χ3n) is 4.09. The van der Waals surface area contributed by atoms with Gasteiger partial charge in [0.25, 0.3) is 0 Å². The molecule has 2 rings (SSSR count). The highest BCUT2D eigenvalue weighted by atomic mass is 16.6. The smallest absolute Gasteiger partial charge is 0.409 e. The van der Waals surface area contributed by atoms with Crippen molar-refractivity contribution in [3.05, 3.63) is 24.2 Å². The van der Waals surface area contributed by atoms with E-state index in [0.717, 1.165) is 0 Å². The Bertz CT molecular complexity index is 579. The summed E-state index contributed by atoms with van der Waals surface area (Å²) in [5.74, 6) is 0.228. The quantitative estimate of drug-likeness (QED) is 0.835. The first kappa shape index (κ1) is 18.8. The van der Waals surface area contributed by atoms with Crippen LogP contribution in [0.1, 0.15) is 32.4 Å². The molecule has 1 aromatic heterocycles. The van der Waals surface area contributed by atoms with Gasteiger partial charge in [-0.3, -0.25) is 9.59 Å². The van der Waals surface area contributed by atoms with Crippen LogP contribution >= 0.6 is 0 Å². The van der Waals surface area contributed by atoms with Gasteiger partial charge >= 0.3 is 6.09 Å². The summed E-state index contributed by atoms with van der Waals surface area (Å²) in [5.41, 5.74) is 0. The lowest BCUT2D eigenvalue weighted by Gasteiger charge is -2.32. The van der Waals surface area contributed by atoms with Crippen LogP contribution in [0.2, 0.25) is 0 Å². The Morgan fingerprint density at radius 3 is 2.64 bits per heavy atom. The second kappa shape index (κ2) is 9.10. The molecule has 25 heavy (non-hydrogen) atoms. The second-order valence-corrected chi connectivity index (χ2v) is 5.98. The van der Waals surface area contributed by atoms with Gasteiger partial charge in [0.15, 0.2) is 0 Å². The van der Waals surface area contributed by atoms with Gasteiger partial charge in [-0.1, -0.05) is 0 Å². The van der Waals surface area contributed by atoms with Crippen molar-refractivity contribution in [3.8, 4) is 0 Å². The van der Waals surface area contributed by atoms with E-state index in [0.29, 0.717) is 38.3 Å². The number of nitrogens with zero attached hydrogens (tertiary/aromatic N) is 2. The van der Waals surface area contributed by atoms with Crippen LogP contribution in [-0.2, 0) is 20.9 Å². The van der Waals surface area contributed by atoms with Crippen LogP contribution in [0.25, 0.3) is 0 Å². The van der Waals surface area contributed by atoms with Gasteiger partial charge in [-0.2, -0.15) is 0 Å². The first-order valence-electron chi connectivity index (χ1n) is 8.48. The molecule has 1 fully saturated rings. The van der Waals surface area contributed by atoms with E-state index in [-0.39, 0.29) is 37.0 Å². The number of carbonyl (C=O) groups is 3. The van der Waals surface area contributed by atoms with Crippen molar-refractivity contribution in [1.29, 1.82) is 0 Å². The Hall–Kier alpha value is -2.51. The monoisotopic (exact) mass is 351 g/mol. The Labute approximate surface area is 147 Å². The number of hydrogen-bond acceptors (Lipinski definition) is 5. The summed E-state index contributed by atoms with van der Waals surface area (Å²) < 4.78 is 10.2. The van der Waals surface area contributed by atoms with Crippen molar-refractivity contribution in [2.45, 2.75) is 39.3 Å². The molecule has 1 N–H and O–H groups in total. The normalized spacial score (nSPS) is 14.9. The van der Waals surface area contributed by atoms with E-state index in [4.69, 9.17) is 9.15 Å². The fraction of sp³-hybridized carbons (Fsp3) is 0.588. The lowest BCUT2D eigenvalue weighted by molar-refractivity contribution is -0.135. The summed E-state index contributed by atoms with van der Waals surface area (Å²) in [6.45, 7) is 4.89. The van der Waals surface area contributed by atoms with Crippen LogP contribution in [0.3, 0.4) is 0 Å². The topological polar surface area (TPSA) is 92.1 Å². The fourth-order valence-corrected chi connectivity index (χ4v) is 2.74. The minimum Gasteiger partial charge on any atom is -0.467 e. The molecular weight excluding hydrogens is 326 g/mol. The molecule has 2 heterocycles. The molecule has 1 saturated heterocycles. The van der Waals surface area contributed by atoms with E-state index >= 15 is 0 Å². The zero-order chi connectivity index (χ0) is 18.2. The molecule has 138 valence electrons. The average Bonchev–Trinajstić information content (AvgIpc) is 3.08. The molecule has 1 aliphatic heterocycles. The van der Waals surface area contributed by atoms with Crippen LogP contribution < -0.4 is 5.32 Å². The molecule has 1 aliphatic rings. The summed E-state index contributed by atoms with van der Waals surface area (Å²) >= 11 is 0. The van der Waals surface area contributed by atoms with Crippen LogP contribution in [0.5, 0.6) is 0 Å². The number of ether oxygens (including phenoxy) is 1. The summed E-state index contributed by atoms with van der Waals surface area (Å²) in [5, 5.41) is 2.93. The molecule has 0 aromatic carbocycles. The van der Waals surface area contributed by atoms with Crippen molar-refractivity contribution in [2.75, 3.05) is 26.2 Å². The Balaban J connectivity index is 1.77. The number of hydrogen-bond donors (Lipinski definition) is 1. The Morgan fingerprint density at radius 2 is 2.08 bits per heavy atom. The Kier molecular flexibility index (Phi) is 6.85. The predicted molar refractivity (Wildman–Crippen MR) is 89.6 cm³/mol. The summed E-state index contributed by atoms with van der Waals surface area (Å²) in [4.78, 5) is 38.7. The molecule has 0 saturated carbocycles. The minimum atomic E-state index is -0.312. The predicted octanol–water partition coefficient (Wildman–Crippen LogP) is 1.37. The maximum absolute atomic E-state index is 12.2. The molecule has 0 bridgehead atoms. The SMILES string of the molecule is CCOC(=O)N1CCC(NC(=O)CN(Cc2ccco2)C(C)=O)CC1. The van der Waals surface area contributed by atoms with E-state index in [1.807, 2.05) is 0 Å².